The van der Waals surface area contributed by atoms with E-state index in [0.717, 1.165) is 11.6 Å². The van der Waals surface area contributed by atoms with Crippen molar-refractivity contribution in [2.45, 2.75) is 25.5 Å². The van der Waals surface area contributed by atoms with E-state index in [1.807, 2.05) is 30.3 Å². The van der Waals surface area contributed by atoms with Crippen LogP contribution in [0.15, 0.2) is 42.5 Å². The highest BCUT2D eigenvalue weighted by atomic mass is 19.2. The maximum Gasteiger partial charge on any atom is 0.312 e. The number of likely N-dealkylation sites (tertiary alicyclic amines) is 1. The molecule has 1 aliphatic rings. The van der Waals surface area contributed by atoms with Crippen LogP contribution < -0.4 is 4.74 Å². The van der Waals surface area contributed by atoms with Gasteiger partial charge in [-0.15, -0.1) is 0 Å². The van der Waals surface area contributed by atoms with Gasteiger partial charge in [0.15, 0.2) is 11.6 Å². The van der Waals surface area contributed by atoms with Crippen molar-refractivity contribution in [3.8, 4) is 5.75 Å². The Morgan fingerprint density at radius 3 is 2.57 bits per heavy atom. The molecule has 0 aliphatic carbocycles. The average molecular weight is 391 g/mol. The van der Waals surface area contributed by atoms with Crippen molar-refractivity contribution in [3.63, 3.8) is 0 Å². The minimum absolute atomic E-state index is 0.0187. The first-order valence-corrected chi connectivity index (χ1v) is 9.06. The van der Waals surface area contributed by atoms with Crippen molar-refractivity contribution in [3.05, 3.63) is 65.2 Å². The minimum atomic E-state index is -1.32. The number of ether oxygens (including phenoxy) is 1. The first-order valence-electron chi connectivity index (χ1n) is 9.06. The number of hydrogen-bond donors (Lipinski definition) is 2. The summed E-state index contributed by atoms with van der Waals surface area (Å²) in [5.41, 5.74) is -0.432. The lowest BCUT2D eigenvalue weighted by molar-refractivity contribution is -0.163. The molecule has 1 saturated heterocycles. The molecule has 2 N–H and O–H groups in total. The van der Waals surface area contributed by atoms with Crippen molar-refractivity contribution in [2.75, 3.05) is 20.2 Å². The number of aliphatic hydroxyl groups is 1. The number of halogens is 2. The summed E-state index contributed by atoms with van der Waals surface area (Å²) in [6, 6.07) is 11.5. The van der Waals surface area contributed by atoms with Gasteiger partial charge >= 0.3 is 5.97 Å². The summed E-state index contributed by atoms with van der Waals surface area (Å²) in [5.74, 6) is -2.81. The molecule has 0 amide bonds. The number of carbonyl (C=O) groups is 1. The van der Waals surface area contributed by atoms with Gasteiger partial charge in [-0.25, -0.2) is 8.78 Å². The molecular formula is C21H23F2NO4. The summed E-state index contributed by atoms with van der Waals surface area (Å²) in [6.45, 7) is 0.387. The number of piperidine rings is 1. The summed E-state index contributed by atoms with van der Waals surface area (Å²) >= 11 is 0. The topological polar surface area (TPSA) is 70.0 Å². The quantitative estimate of drug-likeness (QED) is 0.793. The highest BCUT2D eigenvalue weighted by Gasteiger charge is 2.48. The third-order valence-corrected chi connectivity index (χ3v) is 5.49. The van der Waals surface area contributed by atoms with Crippen molar-refractivity contribution in [1.29, 1.82) is 0 Å². The van der Waals surface area contributed by atoms with E-state index in [0.29, 0.717) is 6.54 Å². The highest BCUT2D eigenvalue weighted by Crippen LogP contribution is 2.37. The zero-order valence-corrected chi connectivity index (χ0v) is 15.6. The number of benzene rings is 2. The van der Waals surface area contributed by atoms with Crippen LogP contribution in [-0.2, 0) is 17.8 Å². The Labute approximate surface area is 162 Å². The minimum Gasteiger partial charge on any atom is -0.496 e. The predicted octanol–water partition coefficient (Wildman–Crippen LogP) is 2.85. The summed E-state index contributed by atoms with van der Waals surface area (Å²) < 4.78 is 33.0. The van der Waals surface area contributed by atoms with Crippen LogP contribution in [-0.4, -0.2) is 47.4 Å². The van der Waals surface area contributed by atoms with Crippen LogP contribution in [0, 0.1) is 17.0 Å². The fourth-order valence-corrected chi connectivity index (χ4v) is 3.81. The number of aliphatic carboxylic acids is 1. The largest absolute Gasteiger partial charge is 0.496 e. The number of carboxylic acids is 1. The fraction of sp³-hybridized carbons (Fsp3) is 0.381. The molecular weight excluding hydrogens is 368 g/mol. The number of nitrogens with zero attached hydrogens (tertiary/aromatic N) is 1. The molecule has 3 rings (SSSR count). The Balaban J connectivity index is 1.79. The van der Waals surface area contributed by atoms with E-state index in [9.17, 15) is 23.8 Å². The third kappa shape index (κ3) is 3.86. The van der Waals surface area contributed by atoms with E-state index >= 15 is 0 Å². The molecule has 0 aromatic heterocycles. The smallest absolute Gasteiger partial charge is 0.312 e. The lowest BCUT2D eigenvalue weighted by Crippen LogP contribution is -2.55. The van der Waals surface area contributed by atoms with Gasteiger partial charge in [0.1, 0.15) is 11.2 Å². The van der Waals surface area contributed by atoms with E-state index in [1.165, 1.54) is 13.2 Å². The van der Waals surface area contributed by atoms with Gasteiger partial charge < -0.3 is 14.9 Å². The Morgan fingerprint density at radius 2 is 1.96 bits per heavy atom. The molecule has 0 bridgehead atoms. The fourth-order valence-electron chi connectivity index (χ4n) is 3.81. The molecule has 0 unspecified atom stereocenters. The van der Waals surface area contributed by atoms with Gasteiger partial charge in [-0.05, 0) is 37.1 Å². The Morgan fingerprint density at radius 1 is 1.25 bits per heavy atom. The van der Waals surface area contributed by atoms with Crippen LogP contribution in [0.2, 0.25) is 0 Å². The molecule has 1 aliphatic heterocycles. The van der Waals surface area contributed by atoms with E-state index < -0.39 is 29.1 Å². The lowest BCUT2D eigenvalue weighted by Gasteiger charge is -2.43. The monoisotopic (exact) mass is 391 g/mol. The number of rotatable bonds is 6. The summed E-state index contributed by atoms with van der Waals surface area (Å²) in [5, 5.41) is 20.6. The Hall–Kier alpha value is -2.51. The standard InChI is InChI=1S/C21H23F2NO4/c1-28-17-8-7-16(22)19(23)15(17)12-24-10-9-21(20(26)27,18(25)13-24)11-14-5-3-2-4-6-14/h2-8,18,25H,9-13H2,1H3,(H,26,27)/t18-,21-/m1/s1. The van der Waals surface area contributed by atoms with Crippen molar-refractivity contribution >= 4 is 5.97 Å². The summed E-state index contributed by atoms with van der Waals surface area (Å²) in [6.07, 6.45) is -0.755. The molecule has 5 nitrogen and oxygen atoms in total. The van der Waals surface area contributed by atoms with Crippen LogP contribution in [0.25, 0.3) is 0 Å². The molecule has 2 aromatic rings. The van der Waals surface area contributed by atoms with E-state index in [1.54, 1.807) is 4.90 Å². The highest BCUT2D eigenvalue weighted by molar-refractivity contribution is 5.76. The molecule has 1 heterocycles. The predicted molar refractivity (Wildman–Crippen MR) is 99.0 cm³/mol. The van der Waals surface area contributed by atoms with Crippen LogP contribution >= 0.6 is 0 Å². The Bertz CT molecular complexity index is 846. The van der Waals surface area contributed by atoms with Gasteiger partial charge in [0, 0.05) is 18.7 Å². The zero-order chi connectivity index (χ0) is 20.3. The van der Waals surface area contributed by atoms with Crippen molar-refractivity contribution in [1.82, 2.24) is 4.90 Å². The third-order valence-electron chi connectivity index (χ3n) is 5.49. The van der Waals surface area contributed by atoms with Gasteiger partial charge in [-0.3, -0.25) is 9.69 Å². The molecule has 0 saturated carbocycles. The molecule has 0 radical (unpaired) electrons. The van der Waals surface area contributed by atoms with Gasteiger partial charge in [0.05, 0.1) is 13.2 Å². The molecule has 0 spiro atoms. The van der Waals surface area contributed by atoms with Crippen molar-refractivity contribution in [2.24, 2.45) is 5.41 Å². The number of hydrogen-bond acceptors (Lipinski definition) is 4. The summed E-state index contributed by atoms with van der Waals surface area (Å²) in [4.78, 5) is 13.8. The van der Waals surface area contributed by atoms with Gasteiger partial charge in [0.25, 0.3) is 0 Å². The first kappa shape index (κ1) is 20.2. The number of carboxylic acid groups (broad SMARTS) is 1. The van der Waals surface area contributed by atoms with Crippen LogP contribution in [0.4, 0.5) is 8.78 Å². The van der Waals surface area contributed by atoms with E-state index in [2.05, 4.69) is 0 Å². The van der Waals surface area contributed by atoms with E-state index in [-0.39, 0.29) is 37.2 Å². The normalized spacial score (nSPS) is 22.8. The van der Waals surface area contributed by atoms with Crippen LogP contribution in [0.1, 0.15) is 17.5 Å². The second-order valence-electron chi connectivity index (χ2n) is 7.17. The Kier molecular flexibility index (Phi) is 5.96. The lowest BCUT2D eigenvalue weighted by atomic mass is 9.71. The average Bonchev–Trinajstić information content (AvgIpc) is 2.68. The second kappa shape index (κ2) is 8.24. The molecule has 2 atom stereocenters. The molecule has 2 aromatic carbocycles. The van der Waals surface area contributed by atoms with Gasteiger partial charge in [-0.1, -0.05) is 30.3 Å². The number of methoxy groups -OCH3 is 1. The van der Waals surface area contributed by atoms with Gasteiger partial charge in [0.2, 0.25) is 0 Å². The second-order valence-corrected chi connectivity index (χ2v) is 7.17. The molecule has 7 heteroatoms. The SMILES string of the molecule is COc1ccc(F)c(F)c1CN1CC[C@](Cc2ccccc2)(C(=O)O)[C@H](O)C1. The maximum atomic E-state index is 14.2. The van der Waals surface area contributed by atoms with Gasteiger partial charge in [-0.2, -0.15) is 0 Å². The summed E-state index contributed by atoms with van der Waals surface area (Å²) in [7, 11) is 1.37. The molecule has 1 fully saturated rings. The maximum absolute atomic E-state index is 14.2. The van der Waals surface area contributed by atoms with Crippen LogP contribution in [0.5, 0.6) is 5.75 Å². The van der Waals surface area contributed by atoms with Crippen LogP contribution in [0.3, 0.4) is 0 Å². The zero-order valence-electron chi connectivity index (χ0n) is 15.6. The first-order chi connectivity index (χ1) is 13.4. The number of β-amino-alcohol motifs (C(OH)–C–C–N with tert-alkyl or cyclic N) is 1. The van der Waals surface area contributed by atoms with E-state index in [4.69, 9.17) is 4.74 Å². The van der Waals surface area contributed by atoms with Crippen molar-refractivity contribution < 1.29 is 28.5 Å². The molecule has 28 heavy (non-hydrogen) atoms. The number of aliphatic hydroxyl groups excluding tert-OH is 1. The molecule has 150 valence electrons.